The lowest BCUT2D eigenvalue weighted by Crippen LogP contribution is -1.99. The number of nitrogens with one attached hydrogen (secondary N) is 1. The SMILES string of the molecule is O=C(O)c1cc(N/N=C/c2ccco2)ccc1Cl. The van der Waals surface area contributed by atoms with Crippen molar-refractivity contribution < 1.29 is 14.3 Å². The molecule has 0 aliphatic carbocycles. The van der Waals surface area contributed by atoms with Crippen LogP contribution in [0.5, 0.6) is 0 Å². The highest BCUT2D eigenvalue weighted by Crippen LogP contribution is 2.20. The third-order valence-corrected chi connectivity index (χ3v) is 2.45. The summed E-state index contributed by atoms with van der Waals surface area (Å²) in [6.45, 7) is 0. The quantitative estimate of drug-likeness (QED) is 0.657. The summed E-state index contributed by atoms with van der Waals surface area (Å²) in [5.41, 5.74) is 3.24. The molecule has 2 aromatic rings. The van der Waals surface area contributed by atoms with Crippen molar-refractivity contribution in [1.82, 2.24) is 0 Å². The number of hydrogen-bond donors (Lipinski definition) is 2. The van der Waals surface area contributed by atoms with Crippen molar-refractivity contribution in [3.05, 3.63) is 52.9 Å². The molecule has 0 amide bonds. The van der Waals surface area contributed by atoms with E-state index in [1.165, 1.54) is 24.6 Å². The minimum Gasteiger partial charge on any atom is -0.478 e. The Kier molecular flexibility index (Phi) is 3.64. The van der Waals surface area contributed by atoms with Crippen LogP contribution in [0.1, 0.15) is 16.1 Å². The summed E-state index contributed by atoms with van der Waals surface area (Å²) in [5, 5.41) is 13.0. The number of carboxylic acids is 1. The number of benzene rings is 1. The maximum atomic E-state index is 10.9. The van der Waals surface area contributed by atoms with Crippen molar-refractivity contribution in [1.29, 1.82) is 0 Å². The molecular formula is C12H9ClN2O3. The highest BCUT2D eigenvalue weighted by atomic mass is 35.5. The zero-order valence-electron chi connectivity index (χ0n) is 9.13. The number of aromatic carboxylic acids is 1. The van der Waals surface area contributed by atoms with Gasteiger partial charge in [0, 0.05) is 0 Å². The number of carboxylic acid groups (broad SMARTS) is 1. The van der Waals surface area contributed by atoms with Gasteiger partial charge in [0.1, 0.15) is 5.76 Å². The fraction of sp³-hybridized carbons (Fsp3) is 0. The number of nitrogens with zero attached hydrogens (tertiary/aromatic N) is 1. The van der Waals surface area contributed by atoms with Crippen LogP contribution >= 0.6 is 11.6 Å². The van der Waals surface area contributed by atoms with Gasteiger partial charge in [-0.3, -0.25) is 5.43 Å². The second-order valence-electron chi connectivity index (χ2n) is 3.39. The lowest BCUT2D eigenvalue weighted by Gasteiger charge is -2.03. The minimum atomic E-state index is -1.08. The average molecular weight is 265 g/mol. The van der Waals surface area contributed by atoms with Crippen LogP contribution in [-0.4, -0.2) is 17.3 Å². The molecule has 0 saturated carbocycles. The summed E-state index contributed by atoms with van der Waals surface area (Å²) in [7, 11) is 0. The van der Waals surface area contributed by atoms with Crippen molar-refractivity contribution in [3.63, 3.8) is 0 Å². The van der Waals surface area contributed by atoms with Gasteiger partial charge in [-0.05, 0) is 30.3 Å². The highest BCUT2D eigenvalue weighted by Gasteiger charge is 2.08. The Labute approximate surface area is 108 Å². The topological polar surface area (TPSA) is 74.8 Å². The Bertz CT molecular complexity index is 579. The summed E-state index contributed by atoms with van der Waals surface area (Å²) in [4.78, 5) is 10.9. The molecule has 2 N–H and O–H groups in total. The molecule has 92 valence electrons. The van der Waals surface area contributed by atoms with Crippen LogP contribution in [0.4, 0.5) is 5.69 Å². The third-order valence-electron chi connectivity index (χ3n) is 2.13. The van der Waals surface area contributed by atoms with Crippen LogP contribution in [0.15, 0.2) is 46.1 Å². The largest absolute Gasteiger partial charge is 0.478 e. The van der Waals surface area contributed by atoms with Crippen LogP contribution in [0.25, 0.3) is 0 Å². The Morgan fingerprint density at radius 1 is 1.44 bits per heavy atom. The van der Waals surface area contributed by atoms with E-state index in [2.05, 4.69) is 10.5 Å². The molecule has 0 saturated heterocycles. The van der Waals surface area contributed by atoms with Gasteiger partial charge in [0.05, 0.1) is 28.8 Å². The second-order valence-corrected chi connectivity index (χ2v) is 3.79. The number of halogens is 1. The van der Waals surface area contributed by atoms with Gasteiger partial charge in [0.15, 0.2) is 0 Å². The van der Waals surface area contributed by atoms with Crippen LogP contribution < -0.4 is 5.43 Å². The van der Waals surface area contributed by atoms with E-state index >= 15 is 0 Å². The van der Waals surface area contributed by atoms with Gasteiger partial charge in [-0.25, -0.2) is 4.79 Å². The molecule has 0 bridgehead atoms. The van der Waals surface area contributed by atoms with E-state index in [-0.39, 0.29) is 10.6 Å². The Morgan fingerprint density at radius 3 is 2.94 bits per heavy atom. The number of hydrazone groups is 1. The summed E-state index contributed by atoms with van der Waals surface area (Å²) >= 11 is 5.74. The van der Waals surface area contributed by atoms with E-state index in [1.807, 2.05) is 0 Å². The molecule has 18 heavy (non-hydrogen) atoms. The average Bonchev–Trinajstić information content (AvgIpc) is 2.84. The normalized spacial score (nSPS) is 10.7. The maximum absolute atomic E-state index is 10.9. The van der Waals surface area contributed by atoms with Crippen LogP contribution in [0, 0.1) is 0 Å². The first kappa shape index (κ1) is 12.2. The third kappa shape index (κ3) is 2.89. The monoisotopic (exact) mass is 264 g/mol. The molecule has 2 rings (SSSR count). The van der Waals surface area contributed by atoms with Gasteiger partial charge in [-0.15, -0.1) is 0 Å². The molecule has 1 heterocycles. The molecular weight excluding hydrogens is 256 g/mol. The molecule has 1 aromatic carbocycles. The van der Waals surface area contributed by atoms with Gasteiger partial charge in [-0.2, -0.15) is 5.10 Å². The summed E-state index contributed by atoms with van der Waals surface area (Å²) in [6, 6.07) is 8.02. The molecule has 0 atom stereocenters. The number of rotatable bonds is 4. The minimum absolute atomic E-state index is 0.0230. The highest BCUT2D eigenvalue weighted by molar-refractivity contribution is 6.33. The summed E-state index contributed by atoms with van der Waals surface area (Å²) < 4.78 is 5.05. The zero-order valence-corrected chi connectivity index (χ0v) is 9.89. The van der Waals surface area contributed by atoms with Crippen molar-refractivity contribution in [2.24, 2.45) is 5.10 Å². The van der Waals surface area contributed by atoms with Crippen molar-refractivity contribution in [2.75, 3.05) is 5.43 Å². The van der Waals surface area contributed by atoms with Gasteiger partial charge < -0.3 is 9.52 Å². The number of carbonyl (C=O) groups is 1. The van der Waals surface area contributed by atoms with Gasteiger partial charge in [0.2, 0.25) is 0 Å². The van der Waals surface area contributed by atoms with Crippen molar-refractivity contribution in [2.45, 2.75) is 0 Å². The fourth-order valence-electron chi connectivity index (χ4n) is 1.29. The van der Waals surface area contributed by atoms with E-state index in [1.54, 1.807) is 18.2 Å². The van der Waals surface area contributed by atoms with Crippen LogP contribution in [0.3, 0.4) is 0 Å². The Hall–Kier alpha value is -2.27. The lowest BCUT2D eigenvalue weighted by atomic mass is 10.2. The summed E-state index contributed by atoms with van der Waals surface area (Å²) in [6.07, 6.45) is 3.02. The molecule has 0 spiro atoms. The predicted molar refractivity (Wildman–Crippen MR) is 68.3 cm³/mol. The molecule has 5 nitrogen and oxygen atoms in total. The molecule has 6 heteroatoms. The first-order valence-electron chi connectivity index (χ1n) is 5.02. The first-order chi connectivity index (χ1) is 8.66. The van der Waals surface area contributed by atoms with Gasteiger partial charge in [0.25, 0.3) is 0 Å². The van der Waals surface area contributed by atoms with Crippen molar-refractivity contribution in [3.8, 4) is 0 Å². The van der Waals surface area contributed by atoms with Gasteiger partial charge >= 0.3 is 5.97 Å². The zero-order chi connectivity index (χ0) is 13.0. The number of furan rings is 1. The predicted octanol–water partition coefficient (Wildman–Crippen LogP) is 3.08. The van der Waals surface area contributed by atoms with E-state index < -0.39 is 5.97 Å². The van der Waals surface area contributed by atoms with E-state index in [0.29, 0.717) is 11.4 Å². The molecule has 0 aliphatic rings. The van der Waals surface area contributed by atoms with E-state index in [9.17, 15) is 4.79 Å². The molecule has 0 aliphatic heterocycles. The molecule has 0 unspecified atom stereocenters. The Balaban J connectivity index is 2.10. The standard InChI is InChI=1S/C12H9ClN2O3/c13-11-4-3-8(6-10(11)12(16)17)15-14-7-9-2-1-5-18-9/h1-7,15H,(H,16,17)/b14-7+. The maximum Gasteiger partial charge on any atom is 0.337 e. The van der Waals surface area contributed by atoms with Crippen molar-refractivity contribution >= 4 is 29.5 Å². The molecule has 1 aromatic heterocycles. The smallest absolute Gasteiger partial charge is 0.337 e. The van der Waals surface area contributed by atoms with Crippen LogP contribution in [-0.2, 0) is 0 Å². The van der Waals surface area contributed by atoms with Gasteiger partial charge in [-0.1, -0.05) is 11.6 Å². The number of hydrogen-bond acceptors (Lipinski definition) is 4. The molecule has 0 fully saturated rings. The van der Waals surface area contributed by atoms with E-state index in [4.69, 9.17) is 21.1 Å². The summed E-state index contributed by atoms with van der Waals surface area (Å²) in [5.74, 6) is -0.492. The molecule has 0 radical (unpaired) electrons. The van der Waals surface area contributed by atoms with E-state index in [0.717, 1.165) is 0 Å². The first-order valence-corrected chi connectivity index (χ1v) is 5.40. The lowest BCUT2D eigenvalue weighted by molar-refractivity contribution is 0.0697. The van der Waals surface area contributed by atoms with Crippen LogP contribution in [0.2, 0.25) is 5.02 Å². The Morgan fingerprint density at radius 2 is 2.28 bits per heavy atom. The second kappa shape index (κ2) is 5.37. The number of anilines is 1. The fourth-order valence-corrected chi connectivity index (χ4v) is 1.49.